The van der Waals surface area contributed by atoms with Gasteiger partial charge >= 0.3 is 5.97 Å². The Hall–Kier alpha value is -3.25. The van der Waals surface area contributed by atoms with E-state index in [2.05, 4.69) is 5.32 Å². The van der Waals surface area contributed by atoms with Crippen molar-refractivity contribution in [3.8, 4) is 5.75 Å². The fourth-order valence-electron chi connectivity index (χ4n) is 2.63. The molecule has 29 heavy (non-hydrogen) atoms. The largest absolute Gasteiger partial charge is 0.489 e. The molecule has 0 aliphatic carbocycles. The molecule has 3 aromatic rings. The molecule has 3 rings (SSSR count). The number of rotatable bonds is 8. The Morgan fingerprint density at radius 1 is 0.931 bits per heavy atom. The van der Waals surface area contributed by atoms with E-state index >= 15 is 0 Å². The maximum atomic E-state index is 12.5. The number of carbonyl (C=O) groups is 2. The van der Waals surface area contributed by atoms with Crippen LogP contribution in [0.2, 0.25) is 0 Å². The van der Waals surface area contributed by atoms with Gasteiger partial charge in [-0.15, -0.1) is 11.8 Å². The van der Waals surface area contributed by atoms with Crippen molar-refractivity contribution < 1.29 is 19.1 Å². The van der Waals surface area contributed by atoms with Crippen LogP contribution in [0, 0.1) is 0 Å². The van der Waals surface area contributed by atoms with Crippen LogP contribution < -0.4 is 10.1 Å². The number of benzene rings is 3. The topological polar surface area (TPSA) is 64.6 Å². The maximum absolute atomic E-state index is 12.5. The minimum atomic E-state index is -0.565. The summed E-state index contributed by atoms with van der Waals surface area (Å²) in [6.45, 7) is -0.140. The van der Waals surface area contributed by atoms with Gasteiger partial charge in [-0.25, -0.2) is 4.79 Å². The van der Waals surface area contributed by atoms with E-state index in [1.165, 1.54) is 0 Å². The van der Waals surface area contributed by atoms with E-state index in [-0.39, 0.29) is 13.2 Å². The monoisotopic (exact) mass is 407 g/mol. The average Bonchev–Trinajstić information content (AvgIpc) is 2.77. The second-order valence-corrected chi connectivity index (χ2v) is 6.99. The molecule has 0 unspecified atom stereocenters. The zero-order valence-electron chi connectivity index (χ0n) is 16.0. The Kier molecular flexibility index (Phi) is 7.30. The number of ether oxygens (including phenoxy) is 2. The molecule has 0 saturated heterocycles. The first kappa shape index (κ1) is 20.5. The van der Waals surface area contributed by atoms with Gasteiger partial charge in [0.25, 0.3) is 5.91 Å². The number of esters is 1. The van der Waals surface area contributed by atoms with E-state index in [4.69, 9.17) is 9.47 Å². The molecule has 0 fully saturated rings. The fourth-order valence-corrected chi connectivity index (χ4v) is 3.09. The third-order valence-corrected chi connectivity index (χ3v) is 4.79. The molecule has 0 spiro atoms. The van der Waals surface area contributed by atoms with Crippen LogP contribution in [0.3, 0.4) is 0 Å². The van der Waals surface area contributed by atoms with Gasteiger partial charge in [-0.3, -0.25) is 4.79 Å². The highest BCUT2D eigenvalue weighted by molar-refractivity contribution is 7.98. The lowest BCUT2D eigenvalue weighted by atomic mass is 10.1. The first-order valence-electron chi connectivity index (χ1n) is 9.02. The summed E-state index contributed by atoms with van der Waals surface area (Å²) in [6, 6.07) is 23.8. The molecule has 1 amide bonds. The summed E-state index contributed by atoms with van der Waals surface area (Å²) in [5.74, 6) is -0.248. The normalized spacial score (nSPS) is 10.2. The van der Waals surface area contributed by atoms with Gasteiger partial charge in [0.05, 0.1) is 5.56 Å². The average molecular weight is 407 g/mol. The van der Waals surface area contributed by atoms with Gasteiger partial charge in [0.1, 0.15) is 12.4 Å². The van der Waals surface area contributed by atoms with Crippen molar-refractivity contribution in [1.29, 1.82) is 0 Å². The summed E-state index contributed by atoms with van der Waals surface area (Å²) >= 11 is 1.58. The Morgan fingerprint density at radius 3 is 2.48 bits per heavy atom. The quantitative estimate of drug-likeness (QED) is 0.430. The van der Waals surface area contributed by atoms with E-state index < -0.39 is 11.9 Å². The molecule has 148 valence electrons. The molecule has 0 radical (unpaired) electrons. The lowest BCUT2D eigenvalue weighted by Gasteiger charge is -2.11. The van der Waals surface area contributed by atoms with Crippen molar-refractivity contribution in [3.05, 3.63) is 90.0 Å². The van der Waals surface area contributed by atoms with Crippen LogP contribution in [-0.2, 0) is 16.1 Å². The summed E-state index contributed by atoms with van der Waals surface area (Å²) < 4.78 is 10.9. The van der Waals surface area contributed by atoms with Crippen molar-refractivity contribution in [2.24, 2.45) is 0 Å². The summed E-state index contributed by atoms with van der Waals surface area (Å²) in [6.07, 6.45) is 1.96. The molecule has 0 aliphatic heterocycles. The van der Waals surface area contributed by atoms with Crippen LogP contribution in [-0.4, -0.2) is 24.7 Å². The van der Waals surface area contributed by atoms with Crippen LogP contribution in [0.4, 0.5) is 5.69 Å². The van der Waals surface area contributed by atoms with Crippen molar-refractivity contribution in [2.75, 3.05) is 18.2 Å². The number of nitrogens with one attached hydrogen (secondary N) is 1. The van der Waals surface area contributed by atoms with Gasteiger partial charge in [-0.1, -0.05) is 42.5 Å². The molecular weight excluding hydrogens is 386 g/mol. The molecule has 0 atom stereocenters. The third kappa shape index (κ3) is 6.12. The SMILES string of the molecule is CSc1cccc(NC(=O)COC(=O)c2ccccc2COc2ccccc2)c1. The number of hydrogen-bond acceptors (Lipinski definition) is 5. The van der Waals surface area contributed by atoms with Crippen molar-refractivity contribution in [3.63, 3.8) is 0 Å². The Balaban J connectivity index is 1.57. The number of hydrogen-bond donors (Lipinski definition) is 1. The van der Waals surface area contributed by atoms with Crippen LogP contribution in [0.15, 0.2) is 83.8 Å². The van der Waals surface area contributed by atoms with Crippen LogP contribution in [0.25, 0.3) is 0 Å². The lowest BCUT2D eigenvalue weighted by Crippen LogP contribution is -2.21. The first-order valence-corrected chi connectivity index (χ1v) is 10.2. The second kappa shape index (κ2) is 10.3. The molecule has 0 aliphatic rings. The van der Waals surface area contributed by atoms with Crippen molar-refractivity contribution in [2.45, 2.75) is 11.5 Å². The van der Waals surface area contributed by atoms with E-state index in [1.807, 2.05) is 60.9 Å². The zero-order valence-corrected chi connectivity index (χ0v) is 16.8. The van der Waals surface area contributed by atoms with Gasteiger partial charge in [-0.2, -0.15) is 0 Å². The van der Waals surface area contributed by atoms with E-state index in [0.717, 1.165) is 4.90 Å². The van der Waals surface area contributed by atoms with E-state index in [1.54, 1.807) is 36.0 Å². The van der Waals surface area contributed by atoms with E-state index in [9.17, 15) is 9.59 Å². The number of thioether (sulfide) groups is 1. The minimum absolute atomic E-state index is 0.225. The van der Waals surface area contributed by atoms with Crippen LogP contribution in [0.5, 0.6) is 5.75 Å². The van der Waals surface area contributed by atoms with Crippen molar-refractivity contribution >= 4 is 29.3 Å². The molecule has 1 N–H and O–H groups in total. The Bertz CT molecular complexity index is 975. The van der Waals surface area contributed by atoms with Crippen LogP contribution >= 0.6 is 11.8 Å². The van der Waals surface area contributed by atoms with Gasteiger partial charge in [0.15, 0.2) is 6.61 Å². The molecule has 0 saturated carbocycles. The number of amides is 1. The predicted octanol–water partition coefficient (Wildman–Crippen LogP) is 4.78. The predicted molar refractivity (Wildman–Crippen MR) is 114 cm³/mol. The summed E-state index contributed by atoms with van der Waals surface area (Å²) in [5.41, 5.74) is 1.73. The molecule has 0 bridgehead atoms. The fraction of sp³-hybridized carbons (Fsp3) is 0.130. The highest BCUT2D eigenvalue weighted by Gasteiger charge is 2.15. The highest BCUT2D eigenvalue weighted by Crippen LogP contribution is 2.19. The molecule has 5 nitrogen and oxygen atoms in total. The Labute approximate surface area is 174 Å². The highest BCUT2D eigenvalue weighted by atomic mass is 32.2. The standard InChI is InChI=1S/C23H21NO4S/c1-29-20-12-7-9-18(14-20)24-22(25)16-28-23(26)21-13-6-5-8-17(21)15-27-19-10-3-2-4-11-19/h2-14H,15-16H2,1H3,(H,24,25). The van der Waals surface area contributed by atoms with Gasteiger partial charge < -0.3 is 14.8 Å². The summed E-state index contributed by atoms with van der Waals surface area (Å²) in [5, 5.41) is 2.73. The molecule has 3 aromatic carbocycles. The van der Waals surface area contributed by atoms with Gasteiger partial charge in [0, 0.05) is 16.1 Å². The number of anilines is 1. The zero-order chi connectivity index (χ0) is 20.5. The summed E-state index contributed by atoms with van der Waals surface area (Å²) in [7, 11) is 0. The molecule has 0 heterocycles. The maximum Gasteiger partial charge on any atom is 0.339 e. The third-order valence-electron chi connectivity index (χ3n) is 4.06. The molecular formula is C23H21NO4S. The number of carbonyl (C=O) groups excluding carboxylic acids is 2. The second-order valence-electron chi connectivity index (χ2n) is 6.12. The minimum Gasteiger partial charge on any atom is -0.489 e. The molecule has 0 aromatic heterocycles. The molecule has 6 heteroatoms. The van der Waals surface area contributed by atoms with Crippen LogP contribution in [0.1, 0.15) is 15.9 Å². The van der Waals surface area contributed by atoms with Gasteiger partial charge in [0.2, 0.25) is 0 Å². The first-order chi connectivity index (χ1) is 14.2. The smallest absolute Gasteiger partial charge is 0.339 e. The summed E-state index contributed by atoms with van der Waals surface area (Å²) in [4.78, 5) is 25.6. The lowest BCUT2D eigenvalue weighted by molar-refractivity contribution is -0.119. The van der Waals surface area contributed by atoms with Crippen molar-refractivity contribution in [1.82, 2.24) is 0 Å². The van der Waals surface area contributed by atoms with E-state index in [0.29, 0.717) is 22.6 Å². The number of para-hydroxylation sites is 1. The Morgan fingerprint density at radius 2 is 1.69 bits per heavy atom. The van der Waals surface area contributed by atoms with Gasteiger partial charge in [-0.05, 0) is 42.7 Å².